The number of ether oxygens (including phenoxy) is 3. The third-order valence-corrected chi connectivity index (χ3v) is 14.4. The van der Waals surface area contributed by atoms with Crippen LogP contribution in [0, 0.1) is 0 Å². The second-order valence-corrected chi connectivity index (χ2v) is 22.0. The highest BCUT2D eigenvalue weighted by molar-refractivity contribution is 5.71. The molecule has 0 amide bonds. The second kappa shape index (κ2) is 65.1. The molecule has 0 saturated heterocycles. The van der Waals surface area contributed by atoms with Crippen LogP contribution in [-0.4, -0.2) is 37.2 Å². The van der Waals surface area contributed by atoms with Crippen LogP contribution in [-0.2, 0) is 28.6 Å². The monoisotopic (exact) mass is 1070 g/mol. The average Bonchev–Trinajstić information content (AvgIpc) is 3.43. The molecular weight excluding hydrogens is 949 g/mol. The molecule has 6 nitrogen and oxygen atoms in total. The Morgan fingerprint density at radius 3 is 0.844 bits per heavy atom. The lowest BCUT2D eigenvalue weighted by atomic mass is 10.0. The fraction of sp³-hybridized carbons (Fsp3) is 0.761. The zero-order chi connectivity index (χ0) is 55.7. The van der Waals surface area contributed by atoms with Gasteiger partial charge in [-0.3, -0.25) is 14.4 Å². The van der Waals surface area contributed by atoms with Gasteiger partial charge in [-0.05, 0) is 89.9 Å². The Balaban J connectivity index is 4.41. The van der Waals surface area contributed by atoms with Gasteiger partial charge >= 0.3 is 17.9 Å². The highest BCUT2D eigenvalue weighted by atomic mass is 16.6. The molecule has 444 valence electrons. The van der Waals surface area contributed by atoms with E-state index in [1.54, 1.807) is 0 Å². The van der Waals surface area contributed by atoms with Gasteiger partial charge in [0.1, 0.15) is 13.2 Å². The number of hydrogen-bond acceptors (Lipinski definition) is 6. The normalized spacial score (nSPS) is 12.6. The number of hydrogen-bond donors (Lipinski definition) is 0. The summed E-state index contributed by atoms with van der Waals surface area (Å²) in [6.07, 6.45) is 86.0. The number of esters is 3. The molecule has 1 unspecified atom stereocenters. The summed E-state index contributed by atoms with van der Waals surface area (Å²) in [6, 6.07) is 0. The maximum Gasteiger partial charge on any atom is 0.306 e. The Morgan fingerprint density at radius 1 is 0.273 bits per heavy atom. The van der Waals surface area contributed by atoms with Crippen molar-refractivity contribution in [2.24, 2.45) is 0 Å². The first-order valence-corrected chi connectivity index (χ1v) is 33.1. The smallest absolute Gasteiger partial charge is 0.306 e. The van der Waals surface area contributed by atoms with Crippen LogP contribution in [0.1, 0.15) is 329 Å². The largest absolute Gasteiger partial charge is 0.462 e. The van der Waals surface area contributed by atoms with Crippen LogP contribution in [0.4, 0.5) is 0 Å². The van der Waals surface area contributed by atoms with E-state index in [9.17, 15) is 14.4 Å². The van der Waals surface area contributed by atoms with Crippen molar-refractivity contribution in [2.45, 2.75) is 335 Å². The first-order chi connectivity index (χ1) is 38.0. The van der Waals surface area contributed by atoms with E-state index in [1.165, 1.54) is 199 Å². The molecular formula is C71H124O6. The molecule has 77 heavy (non-hydrogen) atoms. The summed E-state index contributed by atoms with van der Waals surface area (Å²) in [5.74, 6) is -0.942. The SMILES string of the molecule is CC/C=C\C/C=C\C/C=C\C/C=C\C/C=C\CCCC(=O)OCC(COC(=O)CCCCCCCCCCC/C=C\C/C=C\CCCCCCC)OC(=O)CCCCCCCCCCCCCCCCCCCCCCC. The van der Waals surface area contributed by atoms with E-state index in [1.807, 2.05) is 0 Å². The van der Waals surface area contributed by atoms with Gasteiger partial charge in [0.15, 0.2) is 6.10 Å². The molecule has 0 aromatic rings. The van der Waals surface area contributed by atoms with Gasteiger partial charge in [-0.15, -0.1) is 0 Å². The first kappa shape index (κ1) is 73.6. The predicted octanol–water partition coefficient (Wildman–Crippen LogP) is 22.7. The third kappa shape index (κ3) is 63.3. The molecule has 0 aliphatic rings. The minimum absolute atomic E-state index is 0.0940. The van der Waals surface area contributed by atoms with Gasteiger partial charge < -0.3 is 14.2 Å². The lowest BCUT2D eigenvalue weighted by Crippen LogP contribution is -2.30. The van der Waals surface area contributed by atoms with Crippen molar-refractivity contribution in [3.63, 3.8) is 0 Å². The number of carbonyl (C=O) groups is 3. The van der Waals surface area contributed by atoms with Crippen LogP contribution in [0.5, 0.6) is 0 Å². The van der Waals surface area contributed by atoms with Gasteiger partial charge in [-0.1, -0.05) is 305 Å². The minimum atomic E-state index is -0.802. The predicted molar refractivity (Wildman–Crippen MR) is 334 cm³/mol. The number of rotatable bonds is 60. The quantitative estimate of drug-likeness (QED) is 0.0261. The average molecular weight is 1070 g/mol. The summed E-state index contributed by atoms with van der Waals surface area (Å²) in [6.45, 7) is 6.51. The van der Waals surface area contributed by atoms with Gasteiger partial charge in [0.25, 0.3) is 0 Å². The first-order valence-electron chi connectivity index (χ1n) is 33.1. The zero-order valence-electron chi connectivity index (χ0n) is 51.0. The van der Waals surface area contributed by atoms with Gasteiger partial charge in [0, 0.05) is 19.3 Å². The van der Waals surface area contributed by atoms with Crippen molar-refractivity contribution in [1.29, 1.82) is 0 Å². The van der Waals surface area contributed by atoms with E-state index in [0.29, 0.717) is 19.3 Å². The van der Waals surface area contributed by atoms with Gasteiger partial charge in [-0.25, -0.2) is 0 Å². The van der Waals surface area contributed by atoms with Crippen LogP contribution in [0.3, 0.4) is 0 Å². The molecule has 0 aliphatic heterocycles. The van der Waals surface area contributed by atoms with Crippen LogP contribution >= 0.6 is 0 Å². The molecule has 0 aromatic carbocycles. The molecule has 0 aliphatic carbocycles. The summed E-state index contributed by atoms with van der Waals surface area (Å²) < 4.78 is 16.9. The van der Waals surface area contributed by atoms with E-state index in [2.05, 4.69) is 106 Å². The summed E-state index contributed by atoms with van der Waals surface area (Å²) in [5, 5.41) is 0. The molecule has 0 heterocycles. The van der Waals surface area contributed by atoms with E-state index in [0.717, 1.165) is 83.5 Å². The Labute approximate surface area is 477 Å². The van der Waals surface area contributed by atoms with E-state index in [-0.39, 0.29) is 37.5 Å². The van der Waals surface area contributed by atoms with Crippen molar-refractivity contribution in [3.8, 4) is 0 Å². The minimum Gasteiger partial charge on any atom is -0.462 e. The van der Waals surface area contributed by atoms with Crippen LogP contribution < -0.4 is 0 Å². The molecule has 0 rings (SSSR count). The molecule has 0 N–H and O–H groups in total. The highest BCUT2D eigenvalue weighted by Gasteiger charge is 2.19. The maximum atomic E-state index is 12.9. The lowest BCUT2D eigenvalue weighted by Gasteiger charge is -2.18. The molecule has 0 fully saturated rings. The molecule has 0 radical (unpaired) electrons. The molecule has 1 atom stereocenters. The second-order valence-electron chi connectivity index (χ2n) is 22.0. The highest BCUT2D eigenvalue weighted by Crippen LogP contribution is 2.17. The summed E-state index contributed by atoms with van der Waals surface area (Å²) in [5.41, 5.74) is 0. The molecule has 6 heteroatoms. The lowest BCUT2D eigenvalue weighted by molar-refractivity contribution is -0.167. The number of carbonyl (C=O) groups excluding carboxylic acids is 3. The fourth-order valence-electron chi connectivity index (χ4n) is 9.45. The molecule has 0 aromatic heterocycles. The number of unbranched alkanes of at least 4 members (excludes halogenated alkanes) is 35. The van der Waals surface area contributed by atoms with Crippen LogP contribution in [0.15, 0.2) is 85.1 Å². The molecule has 0 spiro atoms. The summed E-state index contributed by atoms with van der Waals surface area (Å²) in [7, 11) is 0. The topological polar surface area (TPSA) is 78.9 Å². The van der Waals surface area contributed by atoms with Crippen molar-refractivity contribution < 1.29 is 28.6 Å². The van der Waals surface area contributed by atoms with Crippen LogP contribution in [0.2, 0.25) is 0 Å². The standard InChI is InChI=1S/C71H124O6/c1-4-7-10-13-16-19-22-25-28-31-33-35-37-40-43-46-49-52-55-58-61-64-70(73)76-67-68(66-75-69(72)63-60-57-54-51-48-45-42-39-30-27-24-21-18-15-12-9-6-3)77-71(74)65-62-59-56-53-50-47-44-41-38-36-34-32-29-26-23-20-17-14-11-8-5-2/h9,12,18,21-22,25,27,30-31,33,42,45,51,54,68H,4-8,10-11,13-17,19-20,23-24,26,28-29,32,34-41,43-44,46-50,52-53,55-67H2,1-3H3/b12-9-,21-18-,25-22-,30-27-,33-31-,45-42-,54-51-. The fourth-order valence-corrected chi connectivity index (χ4v) is 9.45. The van der Waals surface area contributed by atoms with Crippen LogP contribution in [0.25, 0.3) is 0 Å². The Kier molecular flexibility index (Phi) is 62.2. The summed E-state index contributed by atoms with van der Waals surface area (Å²) >= 11 is 0. The van der Waals surface area contributed by atoms with Gasteiger partial charge in [0.2, 0.25) is 0 Å². The van der Waals surface area contributed by atoms with E-state index in [4.69, 9.17) is 14.2 Å². The maximum absolute atomic E-state index is 12.9. The Hall–Kier alpha value is -3.41. The Morgan fingerprint density at radius 2 is 0.519 bits per heavy atom. The van der Waals surface area contributed by atoms with E-state index < -0.39 is 6.10 Å². The Bertz CT molecular complexity index is 1470. The molecule has 0 bridgehead atoms. The van der Waals surface area contributed by atoms with Crippen molar-refractivity contribution in [2.75, 3.05) is 13.2 Å². The number of allylic oxidation sites excluding steroid dienone is 14. The van der Waals surface area contributed by atoms with Crippen molar-refractivity contribution >= 4 is 17.9 Å². The van der Waals surface area contributed by atoms with Gasteiger partial charge in [-0.2, -0.15) is 0 Å². The van der Waals surface area contributed by atoms with Crippen molar-refractivity contribution in [3.05, 3.63) is 85.1 Å². The van der Waals surface area contributed by atoms with Crippen molar-refractivity contribution in [1.82, 2.24) is 0 Å². The summed E-state index contributed by atoms with van der Waals surface area (Å²) in [4.78, 5) is 38.4. The van der Waals surface area contributed by atoms with E-state index >= 15 is 0 Å². The molecule has 0 saturated carbocycles. The zero-order valence-corrected chi connectivity index (χ0v) is 51.0. The van der Waals surface area contributed by atoms with Gasteiger partial charge in [0.05, 0.1) is 0 Å². The third-order valence-electron chi connectivity index (χ3n) is 14.4.